The van der Waals surface area contributed by atoms with Crippen LogP contribution in [0.2, 0.25) is 0 Å². The average molecular weight is 434 g/mol. The van der Waals surface area contributed by atoms with Gasteiger partial charge >= 0.3 is 12.1 Å². The standard InChI is InChI=1S/C18H28N2O3.C2HF3O2/c1-19(2)13-18(21)20-10-9-17(23-4)15(12-20)11-14-5-7-16(22-3)8-6-14;3-2(4,5)1(6)7/h5-8,15,17H,9-13H2,1-4H3;(H,6,7)/t15-,17+;/m0./s1. The number of methoxy groups -OCH3 is 2. The molecule has 0 radical (unpaired) electrons. The van der Waals surface area contributed by atoms with E-state index >= 15 is 0 Å². The predicted octanol–water partition coefficient (Wildman–Crippen LogP) is 2.30. The summed E-state index contributed by atoms with van der Waals surface area (Å²) in [6.07, 6.45) is -3.06. The van der Waals surface area contributed by atoms with Crippen molar-refractivity contribution in [2.75, 3.05) is 47.9 Å². The lowest BCUT2D eigenvalue weighted by atomic mass is 9.88. The third-order valence-corrected chi connectivity index (χ3v) is 4.67. The number of carboxylic acid groups (broad SMARTS) is 1. The van der Waals surface area contributed by atoms with Crippen LogP contribution < -0.4 is 4.74 Å². The van der Waals surface area contributed by atoms with Gasteiger partial charge in [0.25, 0.3) is 0 Å². The Morgan fingerprint density at radius 1 is 1.20 bits per heavy atom. The van der Waals surface area contributed by atoms with Gasteiger partial charge in [0.15, 0.2) is 0 Å². The zero-order chi connectivity index (χ0) is 22.9. The maximum absolute atomic E-state index is 12.3. The van der Waals surface area contributed by atoms with Crippen LogP contribution in [0.5, 0.6) is 5.75 Å². The number of carbonyl (C=O) groups is 2. The molecule has 2 rings (SSSR count). The molecule has 0 unspecified atom stereocenters. The number of ether oxygens (including phenoxy) is 2. The number of amides is 1. The third kappa shape index (κ3) is 8.58. The highest BCUT2D eigenvalue weighted by Gasteiger charge is 2.38. The maximum Gasteiger partial charge on any atom is 0.490 e. The summed E-state index contributed by atoms with van der Waals surface area (Å²) in [6, 6.07) is 8.14. The Bertz CT molecular complexity index is 680. The Labute approximate surface area is 174 Å². The van der Waals surface area contributed by atoms with Gasteiger partial charge in [-0.15, -0.1) is 0 Å². The fourth-order valence-electron chi connectivity index (χ4n) is 3.18. The van der Waals surface area contributed by atoms with Gasteiger partial charge in [0.05, 0.1) is 19.8 Å². The Kier molecular flexibility index (Phi) is 10.1. The molecule has 170 valence electrons. The van der Waals surface area contributed by atoms with E-state index in [1.807, 2.05) is 36.0 Å². The lowest BCUT2D eigenvalue weighted by molar-refractivity contribution is -0.192. The number of halogens is 3. The quantitative estimate of drug-likeness (QED) is 0.740. The molecule has 1 amide bonds. The molecule has 0 spiro atoms. The second-order valence-electron chi connectivity index (χ2n) is 7.26. The molecule has 0 saturated carbocycles. The molecule has 7 nitrogen and oxygen atoms in total. The summed E-state index contributed by atoms with van der Waals surface area (Å²) in [4.78, 5) is 25.1. The number of alkyl halides is 3. The molecule has 1 aromatic rings. The normalized spacial score (nSPS) is 19.1. The monoisotopic (exact) mass is 434 g/mol. The minimum atomic E-state index is -5.08. The average Bonchev–Trinajstić information content (AvgIpc) is 2.67. The van der Waals surface area contributed by atoms with E-state index in [-0.39, 0.29) is 12.0 Å². The van der Waals surface area contributed by atoms with Crippen LogP contribution in [0.3, 0.4) is 0 Å². The van der Waals surface area contributed by atoms with Crippen molar-refractivity contribution in [3.63, 3.8) is 0 Å². The number of aliphatic carboxylic acids is 1. The first-order valence-corrected chi connectivity index (χ1v) is 9.36. The lowest BCUT2D eigenvalue weighted by Crippen LogP contribution is -2.49. The molecule has 0 aromatic heterocycles. The minimum absolute atomic E-state index is 0.198. The number of piperidine rings is 1. The Morgan fingerprint density at radius 2 is 1.77 bits per heavy atom. The summed E-state index contributed by atoms with van der Waals surface area (Å²) < 4.78 is 42.6. The van der Waals surface area contributed by atoms with Gasteiger partial charge in [-0.25, -0.2) is 4.79 Å². The number of carboxylic acids is 1. The fourth-order valence-corrected chi connectivity index (χ4v) is 3.18. The Hall–Kier alpha value is -2.33. The predicted molar refractivity (Wildman–Crippen MR) is 104 cm³/mol. The van der Waals surface area contributed by atoms with E-state index in [1.165, 1.54) is 5.56 Å². The van der Waals surface area contributed by atoms with Crippen molar-refractivity contribution < 1.29 is 37.3 Å². The van der Waals surface area contributed by atoms with Crippen molar-refractivity contribution in [2.24, 2.45) is 5.92 Å². The first-order chi connectivity index (χ1) is 14.0. The molecule has 0 bridgehead atoms. The van der Waals surface area contributed by atoms with Gasteiger partial charge in [-0.3, -0.25) is 4.79 Å². The molecule has 1 heterocycles. The van der Waals surface area contributed by atoms with E-state index in [0.717, 1.165) is 31.7 Å². The van der Waals surface area contributed by atoms with E-state index in [1.54, 1.807) is 14.2 Å². The van der Waals surface area contributed by atoms with Gasteiger partial charge in [0.2, 0.25) is 5.91 Å². The summed E-state index contributed by atoms with van der Waals surface area (Å²) in [5.41, 5.74) is 1.25. The number of hydrogen-bond acceptors (Lipinski definition) is 5. The number of benzene rings is 1. The molecule has 1 aliphatic rings. The second kappa shape index (κ2) is 11.8. The molecule has 2 atom stereocenters. The topological polar surface area (TPSA) is 79.3 Å². The van der Waals surface area contributed by atoms with E-state index < -0.39 is 12.1 Å². The van der Waals surface area contributed by atoms with Gasteiger partial charge in [-0.05, 0) is 44.6 Å². The lowest BCUT2D eigenvalue weighted by Gasteiger charge is -2.38. The van der Waals surface area contributed by atoms with Crippen molar-refractivity contribution in [2.45, 2.75) is 25.1 Å². The molecule has 1 N–H and O–H groups in total. The number of likely N-dealkylation sites (N-methyl/N-ethyl adjacent to an activating group) is 1. The summed E-state index contributed by atoms with van der Waals surface area (Å²) in [5, 5.41) is 7.12. The molecule has 1 aromatic carbocycles. The molecule has 1 saturated heterocycles. The first-order valence-electron chi connectivity index (χ1n) is 9.36. The van der Waals surface area contributed by atoms with Gasteiger partial charge < -0.3 is 24.4 Å². The van der Waals surface area contributed by atoms with Crippen LogP contribution in [0, 0.1) is 5.92 Å². The first kappa shape index (κ1) is 25.7. The van der Waals surface area contributed by atoms with E-state index in [0.29, 0.717) is 12.5 Å². The third-order valence-electron chi connectivity index (χ3n) is 4.67. The van der Waals surface area contributed by atoms with Crippen LogP contribution in [0.4, 0.5) is 13.2 Å². The number of nitrogens with zero attached hydrogens (tertiary/aromatic N) is 2. The highest BCUT2D eigenvalue weighted by molar-refractivity contribution is 5.78. The summed E-state index contributed by atoms with van der Waals surface area (Å²) in [6.45, 7) is 2.01. The minimum Gasteiger partial charge on any atom is -0.497 e. The SMILES string of the molecule is COc1ccc(C[C@H]2CN(C(=O)CN(C)C)CC[C@H]2OC)cc1.O=C(O)C(F)(F)F. The van der Waals surface area contributed by atoms with E-state index in [4.69, 9.17) is 19.4 Å². The largest absolute Gasteiger partial charge is 0.497 e. The Balaban J connectivity index is 0.000000553. The van der Waals surface area contributed by atoms with Gasteiger partial charge in [0, 0.05) is 26.1 Å². The van der Waals surface area contributed by atoms with Crippen LogP contribution in [-0.2, 0) is 20.7 Å². The molecular formula is C20H29F3N2O5. The molecule has 1 aliphatic heterocycles. The van der Waals surface area contributed by atoms with Crippen molar-refractivity contribution in [1.29, 1.82) is 0 Å². The molecule has 30 heavy (non-hydrogen) atoms. The zero-order valence-corrected chi connectivity index (χ0v) is 17.6. The van der Waals surface area contributed by atoms with Crippen molar-refractivity contribution >= 4 is 11.9 Å². The molecule has 1 fully saturated rings. The van der Waals surface area contributed by atoms with Crippen LogP contribution in [0.1, 0.15) is 12.0 Å². The molecule has 0 aliphatic carbocycles. The van der Waals surface area contributed by atoms with Gasteiger partial charge in [-0.1, -0.05) is 12.1 Å². The maximum atomic E-state index is 12.3. The van der Waals surface area contributed by atoms with Crippen LogP contribution in [0.15, 0.2) is 24.3 Å². The number of likely N-dealkylation sites (tertiary alicyclic amines) is 1. The number of hydrogen-bond donors (Lipinski definition) is 1. The highest BCUT2D eigenvalue weighted by Crippen LogP contribution is 2.25. The zero-order valence-electron chi connectivity index (χ0n) is 17.6. The van der Waals surface area contributed by atoms with Crippen molar-refractivity contribution in [3.05, 3.63) is 29.8 Å². The molecule has 10 heteroatoms. The number of rotatable bonds is 6. The summed E-state index contributed by atoms with van der Waals surface area (Å²) in [5.74, 6) is -1.37. The smallest absolute Gasteiger partial charge is 0.490 e. The van der Waals surface area contributed by atoms with E-state index in [9.17, 15) is 18.0 Å². The summed E-state index contributed by atoms with van der Waals surface area (Å²) in [7, 11) is 7.29. The van der Waals surface area contributed by atoms with Crippen molar-refractivity contribution in [1.82, 2.24) is 9.80 Å². The van der Waals surface area contributed by atoms with Crippen LogP contribution >= 0.6 is 0 Å². The van der Waals surface area contributed by atoms with Crippen molar-refractivity contribution in [3.8, 4) is 5.75 Å². The van der Waals surface area contributed by atoms with Gasteiger partial charge in [0.1, 0.15) is 5.75 Å². The fraction of sp³-hybridized carbons (Fsp3) is 0.600. The van der Waals surface area contributed by atoms with Crippen LogP contribution in [0.25, 0.3) is 0 Å². The van der Waals surface area contributed by atoms with Gasteiger partial charge in [-0.2, -0.15) is 13.2 Å². The second-order valence-corrected chi connectivity index (χ2v) is 7.26. The number of carbonyl (C=O) groups excluding carboxylic acids is 1. The molecular weight excluding hydrogens is 405 g/mol. The van der Waals surface area contributed by atoms with Crippen LogP contribution in [-0.4, -0.2) is 87.0 Å². The highest BCUT2D eigenvalue weighted by atomic mass is 19.4. The summed E-state index contributed by atoms with van der Waals surface area (Å²) >= 11 is 0. The Morgan fingerprint density at radius 3 is 2.20 bits per heavy atom. The van der Waals surface area contributed by atoms with E-state index in [2.05, 4.69) is 12.1 Å².